The molecule has 0 bridgehead atoms. The molecule has 1 saturated heterocycles. The largest absolute Gasteiger partial charge is 0.493 e. The van der Waals surface area contributed by atoms with Gasteiger partial charge < -0.3 is 14.7 Å². The number of aromatic amines is 1. The lowest BCUT2D eigenvalue weighted by molar-refractivity contribution is -0.161. The van der Waals surface area contributed by atoms with E-state index >= 15 is 0 Å². The van der Waals surface area contributed by atoms with Crippen LogP contribution in [0.5, 0.6) is 0 Å². The van der Waals surface area contributed by atoms with Crippen molar-refractivity contribution in [1.29, 1.82) is 0 Å². The van der Waals surface area contributed by atoms with Gasteiger partial charge in [-0.05, 0) is 30.9 Å². The van der Waals surface area contributed by atoms with E-state index in [4.69, 9.17) is 4.65 Å². The van der Waals surface area contributed by atoms with Gasteiger partial charge in [-0.1, -0.05) is 6.92 Å². The van der Waals surface area contributed by atoms with E-state index in [0.717, 1.165) is 60.2 Å². The lowest BCUT2D eigenvalue weighted by Gasteiger charge is -2.62. The first-order valence-corrected chi connectivity index (χ1v) is 9.79. The Labute approximate surface area is 143 Å². The second-order valence-corrected chi connectivity index (χ2v) is 9.04. The van der Waals surface area contributed by atoms with E-state index in [2.05, 4.69) is 21.2 Å². The zero-order chi connectivity index (χ0) is 16.5. The van der Waals surface area contributed by atoms with Crippen molar-refractivity contribution in [3.63, 3.8) is 0 Å². The van der Waals surface area contributed by atoms with Gasteiger partial charge in [0, 0.05) is 47.5 Å². The molecule has 24 heavy (non-hydrogen) atoms. The van der Waals surface area contributed by atoms with Crippen LogP contribution in [-0.4, -0.2) is 49.5 Å². The molecule has 8 heteroatoms. The summed E-state index contributed by atoms with van der Waals surface area (Å²) in [5.41, 5.74) is 2.52. The quantitative estimate of drug-likeness (QED) is 0.801. The molecular weight excluding hydrogens is 325 g/mol. The predicted molar refractivity (Wildman–Crippen MR) is 93.0 cm³/mol. The fourth-order valence-corrected chi connectivity index (χ4v) is 6.29. The van der Waals surface area contributed by atoms with Crippen molar-refractivity contribution in [1.82, 2.24) is 14.3 Å². The highest BCUT2D eigenvalue weighted by atomic mass is 32.2. The van der Waals surface area contributed by atoms with E-state index in [0.29, 0.717) is 0 Å². The van der Waals surface area contributed by atoms with E-state index < -0.39 is 23.7 Å². The number of fused-ring (bicyclic) bond motifs is 4. The molecule has 2 fully saturated rings. The lowest BCUT2D eigenvalue weighted by Crippen LogP contribution is -2.67. The number of hydrogen-bond donors (Lipinski definition) is 2. The number of H-pyrrole nitrogens is 1. The first-order valence-electron chi connectivity index (χ1n) is 8.52. The molecule has 6 nitrogen and oxygen atoms in total. The molecular formula is C16H20BN3O3S. The number of aromatic nitrogens is 2. The minimum Gasteiger partial charge on any atom is -0.423 e. The molecule has 0 amide bonds. The molecule has 1 saturated carbocycles. The summed E-state index contributed by atoms with van der Waals surface area (Å²) in [7, 11) is -1.74. The molecule has 2 N–H and O–H groups in total. The normalized spacial score (nSPS) is 25.0. The molecule has 126 valence electrons. The maximum atomic E-state index is 12.1. The van der Waals surface area contributed by atoms with E-state index in [-0.39, 0.29) is 5.41 Å². The van der Waals surface area contributed by atoms with Crippen molar-refractivity contribution in [3.05, 3.63) is 24.0 Å². The molecule has 2 aromatic heterocycles. The van der Waals surface area contributed by atoms with E-state index in [1.165, 1.54) is 0 Å². The SMILES string of the molecule is CCCS(=O)N1CC2(C1)CC1(C2)OB(O)c2cnc3[nH]ccc3c21. The first-order chi connectivity index (χ1) is 11.6. The highest BCUT2D eigenvalue weighted by Gasteiger charge is 2.66. The Balaban J connectivity index is 1.42. The van der Waals surface area contributed by atoms with Gasteiger partial charge in [0.2, 0.25) is 0 Å². The summed E-state index contributed by atoms with van der Waals surface area (Å²) in [6, 6.07) is 2.01. The van der Waals surface area contributed by atoms with E-state index in [1.807, 2.05) is 12.3 Å². The molecule has 2 aromatic rings. The van der Waals surface area contributed by atoms with Crippen molar-refractivity contribution in [3.8, 4) is 0 Å². The Kier molecular flexibility index (Phi) is 3.08. The van der Waals surface area contributed by atoms with Crippen LogP contribution in [0, 0.1) is 5.41 Å². The second kappa shape index (κ2) is 4.91. The third kappa shape index (κ3) is 1.88. The monoisotopic (exact) mass is 345 g/mol. The first kappa shape index (κ1) is 15.1. The van der Waals surface area contributed by atoms with Crippen LogP contribution >= 0.6 is 0 Å². The smallest absolute Gasteiger partial charge is 0.423 e. The van der Waals surface area contributed by atoms with Crippen molar-refractivity contribution in [2.45, 2.75) is 31.8 Å². The summed E-state index contributed by atoms with van der Waals surface area (Å²) in [6.07, 6.45) is 6.31. The summed E-state index contributed by atoms with van der Waals surface area (Å²) >= 11 is 0. The van der Waals surface area contributed by atoms with Gasteiger partial charge in [0.05, 0.1) is 16.6 Å². The minimum absolute atomic E-state index is 0.191. The van der Waals surface area contributed by atoms with E-state index in [1.54, 1.807) is 6.20 Å². The Morgan fingerprint density at radius 1 is 1.50 bits per heavy atom. The van der Waals surface area contributed by atoms with Crippen LogP contribution in [0.3, 0.4) is 0 Å². The van der Waals surface area contributed by atoms with Crippen molar-refractivity contribution >= 4 is 34.6 Å². The van der Waals surface area contributed by atoms with Gasteiger partial charge >= 0.3 is 7.12 Å². The Morgan fingerprint density at radius 3 is 3.04 bits per heavy atom. The molecule has 1 atom stereocenters. The molecule has 2 aliphatic heterocycles. The Hall–Kier alpha value is -1.22. The zero-order valence-electron chi connectivity index (χ0n) is 13.6. The number of hydrogen-bond acceptors (Lipinski definition) is 4. The van der Waals surface area contributed by atoms with Gasteiger partial charge in [-0.3, -0.25) is 0 Å². The van der Waals surface area contributed by atoms with Gasteiger partial charge in [-0.2, -0.15) is 0 Å². The average Bonchev–Trinajstić information content (AvgIpc) is 3.05. The lowest BCUT2D eigenvalue weighted by atomic mass is 9.54. The van der Waals surface area contributed by atoms with Crippen LogP contribution in [0.4, 0.5) is 0 Å². The van der Waals surface area contributed by atoms with Crippen LogP contribution in [0.25, 0.3) is 11.0 Å². The molecule has 1 unspecified atom stereocenters. The average molecular weight is 345 g/mol. The fourth-order valence-electron chi connectivity index (χ4n) is 4.85. The van der Waals surface area contributed by atoms with Crippen LogP contribution in [0.1, 0.15) is 31.7 Å². The summed E-state index contributed by atoms with van der Waals surface area (Å²) in [4.78, 5) is 7.51. The highest BCUT2D eigenvalue weighted by molar-refractivity contribution is 7.82. The number of nitrogens with one attached hydrogen (secondary N) is 1. The van der Waals surface area contributed by atoms with Crippen molar-refractivity contribution in [2.24, 2.45) is 5.41 Å². The van der Waals surface area contributed by atoms with Gasteiger partial charge in [0.15, 0.2) is 0 Å². The zero-order valence-corrected chi connectivity index (χ0v) is 14.4. The molecule has 5 rings (SSSR count). The van der Waals surface area contributed by atoms with Crippen LogP contribution in [-0.2, 0) is 21.2 Å². The maximum Gasteiger partial charge on any atom is 0.493 e. The molecule has 0 radical (unpaired) electrons. The third-order valence-electron chi connectivity index (χ3n) is 5.69. The van der Waals surface area contributed by atoms with Gasteiger partial charge in [-0.25, -0.2) is 13.5 Å². The van der Waals surface area contributed by atoms with Gasteiger partial charge in [-0.15, -0.1) is 0 Å². The molecule has 3 aliphatic rings. The van der Waals surface area contributed by atoms with Crippen molar-refractivity contribution < 1.29 is 13.9 Å². The third-order valence-corrected chi connectivity index (χ3v) is 7.28. The van der Waals surface area contributed by atoms with Crippen LogP contribution in [0.15, 0.2) is 18.5 Å². The Bertz CT molecular complexity index is 840. The standard InChI is InChI=1S/C16H20BN3O3S/c1-2-5-24(22)20-9-15(10-20)7-16(8-15)13-11-3-4-18-14(11)19-6-12(13)17(21)23-16/h3-4,6,21H,2,5,7-10H2,1H3,(H,18,19). The highest BCUT2D eigenvalue weighted by Crippen LogP contribution is 2.62. The summed E-state index contributed by atoms with van der Waals surface area (Å²) in [6.45, 7) is 3.81. The van der Waals surface area contributed by atoms with Gasteiger partial charge in [0.25, 0.3) is 0 Å². The number of rotatable bonds is 3. The predicted octanol–water partition coefficient (Wildman–Crippen LogP) is 0.645. The molecule has 2 spiro atoms. The minimum atomic E-state index is -0.894. The fraction of sp³-hybridized carbons (Fsp3) is 0.562. The van der Waals surface area contributed by atoms with E-state index in [9.17, 15) is 9.23 Å². The maximum absolute atomic E-state index is 12.1. The van der Waals surface area contributed by atoms with Crippen LogP contribution < -0.4 is 5.46 Å². The molecule has 4 heterocycles. The Morgan fingerprint density at radius 2 is 2.29 bits per heavy atom. The topological polar surface area (TPSA) is 78.5 Å². The summed E-state index contributed by atoms with van der Waals surface area (Å²) in [5, 5.41) is 11.4. The molecule has 0 aromatic carbocycles. The second-order valence-electron chi connectivity index (χ2n) is 7.47. The van der Waals surface area contributed by atoms with Gasteiger partial charge in [0.1, 0.15) is 5.65 Å². The summed E-state index contributed by atoms with van der Waals surface area (Å²) in [5.74, 6) is 0.745. The van der Waals surface area contributed by atoms with Crippen molar-refractivity contribution in [2.75, 3.05) is 18.8 Å². The summed E-state index contributed by atoms with van der Waals surface area (Å²) < 4.78 is 20.2. The number of pyridine rings is 1. The molecule has 1 aliphatic carbocycles. The van der Waals surface area contributed by atoms with Crippen LogP contribution in [0.2, 0.25) is 0 Å². The number of nitrogens with zero attached hydrogens (tertiary/aromatic N) is 2.